The maximum absolute atomic E-state index is 11.6. The van der Waals surface area contributed by atoms with E-state index in [1.54, 1.807) is 26.4 Å². The van der Waals surface area contributed by atoms with Crippen LogP contribution in [-0.4, -0.2) is 39.4 Å². The number of carbonyl (C=O) groups excluding carboxylic acids is 2. The van der Waals surface area contributed by atoms with Gasteiger partial charge < -0.3 is 18.9 Å². The van der Waals surface area contributed by atoms with E-state index in [2.05, 4.69) is 37.9 Å². The smallest absolute Gasteiger partial charge is 0.497 e. The van der Waals surface area contributed by atoms with Crippen molar-refractivity contribution in [1.29, 1.82) is 0 Å². The summed E-state index contributed by atoms with van der Waals surface area (Å²) in [5.74, 6) is 0.915. The van der Waals surface area contributed by atoms with Crippen molar-refractivity contribution in [2.24, 2.45) is 0 Å². The fraction of sp³-hybridized carbons (Fsp3) is 0.111. The standard InChI is InChI=1S/2C18H18O3.3C6H6S.2Ru/c2*1-20-17-10-7-16(8-11-17)9-12-18(19)21-14-13-15-5-3-2-4-6-15;3*7-6-4-2-1-3-5-6;;/h2*2-12H,13-14H2,1H3;3*1-5,7H;;/q;;;;;2*+3/b2*12-9+;;;;;. The van der Waals surface area contributed by atoms with Gasteiger partial charge in [0.1, 0.15) is 11.5 Å². The summed E-state index contributed by atoms with van der Waals surface area (Å²) in [5.41, 5.74) is 4.17. The summed E-state index contributed by atoms with van der Waals surface area (Å²) in [6.45, 7) is 0.769. The van der Waals surface area contributed by atoms with E-state index in [-0.39, 0.29) is 50.9 Å². The van der Waals surface area contributed by atoms with Crippen molar-refractivity contribution in [3.63, 3.8) is 0 Å². The molecule has 65 heavy (non-hydrogen) atoms. The van der Waals surface area contributed by atoms with E-state index in [0.717, 1.165) is 61.3 Å². The Morgan fingerprint density at radius 1 is 0.400 bits per heavy atom. The zero-order chi connectivity index (χ0) is 45.2. The maximum atomic E-state index is 11.6. The van der Waals surface area contributed by atoms with Crippen molar-refractivity contribution in [1.82, 2.24) is 0 Å². The first kappa shape index (κ1) is 57.9. The number of benzene rings is 7. The van der Waals surface area contributed by atoms with Crippen molar-refractivity contribution < 1.29 is 67.5 Å². The van der Waals surface area contributed by atoms with E-state index in [0.29, 0.717) is 13.2 Å². The number of rotatable bonds is 12. The van der Waals surface area contributed by atoms with Crippen LogP contribution in [0.1, 0.15) is 22.3 Å². The molecule has 7 rings (SSSR count). The summed E-state index contributed by atoms with van der Waals surface area (Å²) in [6.07, 6.45) is 7.78. The van der Waals surface area contributed by atoms with Crippen molar-refractivity contribution in [3.8, 4) is 11.5 Å². The number of esters is 2. The van der Waals surface area contributed by atoms with Gasteiger partial charge in [0.15, 0.2) is 0 Å². The Balaban J connectivity index is 0.000000443. The molecule has 334 valence electrons. The Kier molecular flexibility index (Phi) is 33.0. The molecule has 0 aliphatic rings. The molecule has 7 aromatic carbocycles. The molecular weight excluding hydrogens is 1040 g/mol. The molecule has 0 amide bonds. The third-order valence-electron chi connectivity index (χ3n) is 8.28. The van der Waals surface area contributed by atoms with Crippen LogP contribution in [-0.2, 0) is 70.9 Å². The fourth-order valence-electron chi connectivity index (χ4n) is 4.97. The molecule has 11 heteroatoms. The molecule has 0 fully saturated rings. The van der Waals surface area contributed by atoms with E-state index < -0.39 is 0 Å². The third kappa shape index (κ3) is 29.1. The Labute approximate surface area is 427 Å². The van der Waals surface area contributed by atoms with Gasteiger partial charge in [-0.1, -0.05) is 140 Å². The van der Waals surface area contributed by atoms with Crippen LogP contribution < -0.4 is 9.47 Å². The summed E-state index contributed by atoms with van der Waals surface area (Å²) in [6, 6.07) is 64.2. The predicted molar refractivity (Wildman–Crippen MR) is 267 cm³/mol. The summed E-state index contributed by atoms with van der Waals surface area (Å²) in [4.78, 5) is 26.2. The second kappa shape index (κ2) is 37.1. The van der Waals surface area contributed by atoms with Crippen molar-refractivity contribution in [3.05, 3.63) is 235 Å². The number of hydrogen-bond donors (Lipinski definition) is 3. The normalized spacial score (nSPS) is 9.62. The molecule has 0 heterocycles. The van der Waals surface area contributed by atoms with Gasteiger partial charge in [0.25, 0.3) is 0 Å². The molecule has 0 aliphatic carbocycles. The Bertz CT molecular complexity index is 2100. The zero-order valence-electron chi connectivity index (χ0n) is 36.2. The van der Waals surface area contributed by atoms with Gasteiger partial charge in [-0.3, -0.25) is 0 Å². The number of thiol groups is 3. The molecule has 0 saturated carbocycles. The maximum Gasteiger partial charge on any atom is 3.00 e. The van der Waals surface area contributed by atoms with Gasteiger partial charge in [-0.2, -0.15) is 0 Å². The van der Waals surface area contributed by atoms with Crippen molar-refractivity contribution in [2.75, 3.05) is 27.4 Å². The van der Waals surface area contributed by atoms with Gasteiger partial charge in [-0.25, -0.2) is 9.59 Å². The minimum absolute atomic E-state index is 0. The first-order valence-corrected chi connectivity index (χ1v) is 21.4. The average molecular weight is 1100 g/mol. The molecule has 0 aliphatic heterocycles. The molecule has 2 radical (unpaired) electrons. The molecule has 6 nitrogen and oxygen atoms in total. The molecule has 7 aromatic rings. The van der Waals surface area contributed by atoms with Crippen molar-refractivity contribution in [2.45, 2.75) is 27.5 Å². The number of methoxy groups -OCH3 is 2. The average Bonchev–Trinajstić information content (AvgIpc) is 3.33. The monoisotopic (exact) mass is 1100 g/mol. The number of ether oxygens (including phenoxy) is 4. The first-order valence-electron chi connectivity index (χ1n) is 20.0. The quantitative estimate of drug-likeness (QED) is 0.0490. The Morgan fingerprint density at radius 2 is 0.662 bits per heavy atom. The van der Waals surface area contributed by atoms with Crippen LogP contribution in [0.15, 0.2) is 227 Å². The SMILES string of the molecule is COc1ccc(/C=C/C(=O)OCCc2ccccc2)cc1.COc1ccc(/C=C/C(=O)OCCc2ccccc2)cc1.Sc1ccccc1.Sc1ccccc1.Sc1ccccc1.[Ru+3].[Ru+3]. The molecule has 0 N–H and O–H groups in total. The van der Waals surface area contributed by atoms with Gasteiger partial charge >= 0.3 is 50.9 Å². The van der Waals surface area contributed by atoms with Gasteiger partial charge in [0, 0.05) is 39.7 Å². The summed E-state index contributed by atoms with van der Waals surface area (Å²) >= 11 is 12.3. The Hall–Kier alpha value is -5.14. The minimum atomic E-state index is -0.332. The molecule has 0 unspecified atom stereocenters. The van der Waals surface area contributed by atoms with E-state index in [1.807, 2.05) is 200 Å². The zero-order valence-corrected chi connectivity index (χ0v) is 42.3. The van der Waals surface area contributed by atoms with Crippen LogP contribution in [0.25, 0.3) is 12.2 Å². The van der Waals surface area contributed by atoms with Crippen LogP contribution in [0.5, 0.6) is 11.5 Å². The molecule has 0 bridgehead atoms. The van der Waals surface area contributed by atoms with Crippen molar-refractivity contribution >= 4 is 62.0 Å². The van der Waals surface area contributed by atoms with E-state index in [4.69, 9.17) is 18.9 Å². The largest absolute Gasteiger partial charge is 3.00 e. The second-order valence-electron chi connectivity index (χ2n) is 13.0. The van der Waals surface area contributed by atoms with E-state index in [1.165, 1.54) is 12.2 Å². The molecule has 0 saturated heterocycles. The summed E-state index contributed by atoms with van der Waals surface area (Å²) in [5, 5.41) is 0. The summed E-state index contributed by atoms with van der Waals surface area (Å²) in [7, 11) is 3.24. The van der Waals surface area contributed by atoms with Crippen LogP contribution >= 0.6 is 37.9 Å². The topological polar surface area (TPSA) is 71.1 Å². The van der Waals surface area contributed by atoms with Gasteiger partial charge in [-0.05, 0) is 95.1 Å². The van der Waals surface area contributed by atoms with Crippen LogP contribution in [0, 0.1) is 0 Å². The molecule has 0 atom stereocenters. The Morgan fingerprint density at radius 3 is 0.892 bits per heavy atom. The third-order valence-corrected chi connectivity index (χ3v) is 9.17. The van der Waals surface area contributed by atoms with E-state index >= 15 is 0 Å². The predicted octanol–water partition coefficient (Wildman–Crippen LogP) is 12.9. The van der Waals surface area contributed by atoms with Crippen LogP contribution in [0.4, 0.5) is 0 Å². The number of carbonyl (C=O) groups is 2. The van der Waals surface area contributed by atoms with E-state index in [9.17, 15) is 9.59 Å². The second-order valence-corrected chi connectivity index (χ2v) is 14.6. The fourth-order valence-corrected chi connectivity index (χ4v) is 5.48. The van der Waals surface area contributed by atoms with Gasteiger partial charge in [0.05, 0.1) is 27.4 Å². The molecule has 0 aromatic heterocycles. The molecular formula is C54H54O6Ru2S3+6. The van der Waals surface area contributed by atoms with Crippen LogP contribution in [0.3, 0.4) is 0 Å². The molecule has 0 spiro atoms. The van der Waals surface area contributed by atoms with Crippen LogP contribution in [0.2, 0.25) is 0 Å². The van der Waals surface area contributed by atoms with Gasteiger partial charge in [0.2, 0.25) is 0 Å². The minimum Gasteiger partial charge on any atom is -0.497 e. The summed E-state index contributed by atoms with van der Waals surface area (Å²) < 4.78 is 20.5. The van der Waals surface area contributed by atoms with Gasteiger partial charge in [-0.15, -0.1) is 37.9 Å². The first-order chi connectivity index (χ1) is 30.7. The number of hydrogen-bond acceptors (Lipinski definition) is 9.